The van der Waals surface area contributed by atoms with Crippen LogP contribution in [0.1, 0.15) is 65.1 Å². The second-order valence-corrected chi connectivity index (χ2v) is 9.32. The van der Waals surface area contributed by atoms with E-state index in [9.17, 15) is 14.4 Å². The molecule has 0 aliphatic heterocycles. The van der Waals surface area contributed by atoms with E-state index in [1.807, 2.05) is 24.3 Å². The third-order valence-electron chi connectivity index (χ3n) is 7.04. The number of esters is 1. The number of hydrogen-bond acceptors (Lipinski definition) is 6. The smallest absolute Gasteiger partial charge is 0.338 e. The minimum absolute atomic E-state index is 0.0801. The van der Waals surface area contributed by atoms with Crippen LogP contribution in [0.4, 0.5) is 0 Å². The Labute approximate surface area is 208 Å². The highest BCUT2D eigenvalue weighted by Crippen LogP contribution is 2.36. The number of ether oxygens (including phenoxy) is 1. The zero-order chi connectivity index (χ0) is 25.2. The van der Waals surface area contributed by atoms with E-state index in [2.05, 4.69) is 10.5 Å². The Morgan fingerprint density at radius 2 is 1.92 bits per heavy atom. The van der Waals surface area contributed by atoms with Crippen LogP contribution in [0.3, 0.4) is 0 Å². The van der Waals surface area contributed by atoms with E-state index in [1.165, 1.54) is 0 Å². The van der Waals surface area contributed by atoms with Gasteiger partial charge in [-0.25, -0.2) is 4.79 Å². The van der Waals surface area contributed by atoms with Gasteiger partial charge >= 0.3 is 5.97 Å². The summed E-state index contributed by atoms with van der Waals surface area (Å²) >= 11 is 0. The van der Waals surface area contributed by atoms with E-state index in [-0.39, 0.29) is 30.0 Å². The fourth-order valence-electron chi connectivity index (χ4n) is 5.37. The van der Waals surface area contributed by atoms with Gasteiger partial charge in [0.1, 0.15) is 16.7 Å². The van der Waals surface area contributed by atoms with Crippen molar-refractivity contribution in [3.8, 4) is 0 Å². The number of fused-ring (bicyclic) bond motifs is 3. The molecule has 8 nitrogen and oxygen atoms in total. The summed E-state index contributed by atoms with van der Waals surface area (Å²) in [6, 6.07) is 14.4. The molecule has 0 bridgehead atoms. The Morgan fingerprint density at radius 3 is 2.69 bits per heavy atom. The van der Waals surface area contributed by atoms with Gasteiger partial charge < -0.3 is 19.1 Å². The average Bonchev–Trinajstić information content (AvgIpc) is 3.29. The Balaban J connectivity index is 1.51. The number of pyridine rings is 1. The quantitative estimate of drug-likeness (QED) is 0.392. The van der Waals surface area contributed by atoms with Crippen molar-refractivity contribution >= 4 is 33.7 Å². The highest BCUT2D eigenvalue weighted by molar-refractivity contribution is 6.14. The molecule has 1 fully saturated rings. The van der Waals surface area contributed by atoms with Crippen molar-refractivity contribution in [1.29, 1.82) is 0 Å². The number of aromatic nitrogens is 2. The van der Waals surface area contributed by atoms with Crippen molar-refractivity contribution in [2.45, 2.75) is 45.6 Å². The van der Waals surface area contributed by atoms with Crippen LogP contribution in [0, 0.1) is 12.8 Å². The van der Waals surface area contributed by atoms with Gasteiger partial charge in [0.15, 0.2) is 0 Å². The molecular weight excluding hydrogens is 458 g/mol. The molecule has 1 aliphatic carbocycles. The number of nitrogens with one attached hydrogen (secondary N) is 1. The number of carbonyl (C=O) groups is 2. The van der Waals surface area contributed by atoms with Gasteiger partial charge in [0, 0.05) is 23.5 Å². The van der Waals surface area contributed by atoms with Crippen molar-refractivity contribution in [2.24, 2.45) is 5.92 Å². The molecule has 186 valence electrons. The second kappa shape index (κ2) is 9.97. The highest BCUT2D eigenvalue weighted by Gasteiger charge is 2.29. The number of benzene rings is 2. The normalized spacial score (nSPS) is 17.8. The maximum absolute atomic E-state index is 13.8. The van der Waals surface area contributed by atoms with Crippen LogP contribution in [-0.2, 0) is 4.74 Å². The van der Waals surface area contributed by atoms with Crippen LogP contribution in [0.5, 0.6) is 0 Å². The van der Waals surface area contributed by atoms with Gasteiger partial charge in [-0.3, -0.25) is 9.59 Å². The van der Waals surface area contributed by atoms with Crippen molar-refractivity contribution in [3.63, 3.8) is 0 Å². The molecule has 0 saturated heterocycles. The first-order valence-electron chi connectivity index (χ1n) is 12.4. The van der Waals surface area contributed by atoms with Crippen molar-refractivity contribution in [3.05, 3.63) is 75.8 Å². The van der Waals surface area contributed by atoms with Crippen LogP contribution in [0.15, 0.2) is 57.8 Å². The molecule has 1 N–H and O–H groups in total. The summed E-state index contributed by atoms with van der Waals surface area (Å²) < 4.78 is 12.5. The lowest BCUT2D eigenvalue weighted by molar-refractivity contribution is 0.0528. The first-order chi connectivity index (χ1) is 17.5. The molecule has 2 aromatic carbocycles. The molecule has 1 aliphatic rings. The molecule has 36 heavy (non-hydrogen) atoms. The zero-order valence-corrected chi connectivity index (χ0v) is 20.5. The third-order valence-corrected chi connectivity index (χ3v) is 7.04. The summed E-state index contributed by atoms with van der Waals surface area (Å²) in [5.74, 6) is 0.0963. The standard InChI is InChI=1S/C28H29N3O5/c1-3-35-28(34)21-13-8-14-22-24(21)25-23(17(2)36-30-25)27(33)31(22)20-12-7-9-18(15-20)16-29-26(32)19-10-5-4-6-11-19/h4-6,8,10-11,13-14,18,20H,3,7,9,12,15-16H2,1-2H3,(H,29,32). The Morgan fingerprint density at radius 1 is 1.11 bits per heavy atom. The first kappa shape index (κ1) is 23.8. The van der Waals surface area contributed by atoms with Crippen molar-refractivity contribution in [1.82, 2.24) is 15.0 Å². The predicted molar refractivity (Wildman–Crippen MR) is 136 cm³/mol. The molecule has 5 rings (SSSR count). The molecule has 2 unspecified atom stereocenters. The van der Waals surface area contributed by atoms with E-state index < -0.39 is 5.97 Å². The summed E-state index contributed by atoms with van der Waals surface area (Å²) in [5, 5.41) is 8.16. The maximum atomic E-state index is 13.8. The van der Waals surface area contributed by atoms with Crippen LogP contribution >= 0.6 is 0 Å². The van der Waals surface area contributed by atoms with Gasteiger partial charge in [0.05, 0.1) is 17.7 Å². The lowest BCUT2D eigenvalue weighted by atomic mass is 9.85. The summed E-state index contributed by atoms with van der Waals surface area (Å²) in [6.45, 7) is 4.25. The minimum Gasteiger partial charge on any atom is -0.462 e. The Hall–Kier alpha value is -3.94. The number of amides is 1. The lowest BCUT2D eigenvalue weighted by Gasteiger charge is -2.31. The minimum atomic E-state index is -0.458. The number of hydrogen-bond donors (Lipinski definition) is 1. The summed E-state index contributed by atoms with van der Waals surface area (Å²) in [4.78, 5) is 39.1. The average molecular weight is 488 g/mol. The lowest BCUT2D eigenvalue weighted by Crippen LogP contribution is -2.34. The molecule has 2 atom stereocenters. The molecule has 2 aromatic heterocycles. The van der Waals surface area contributed by atoms with Gasteiger partial charge in [-0.2, -0.15) is 0 Å². The maximum Gasteiger partial charge on any atom is 0.338 e. The molecular formula is C28H29N3O5. The fourth-order valence-corrected chi connectivity index (χ4v) is 5.37. The molecule has 1 saturated carbocycles. The Bertz CT molecular complexity index is 1490. The van der Waals surface area contributed by atoms with Gasteiger partial charge in [0.25, 0.3) is 11.5 Å². The van der Waals surface area contributed by atoms with E-state index in [1.54, 1.807) is 42.7 Å². The molecule has 0 spiro atoms. The van der Waals surface area contributed by atoms with E-state index in [0.717, 1.165) is 25.7 Å². The van der Waals surface area contributed by atoms with Gasteiger partial charge in [0.2, 0.25) is 0 Å². The molecule has 1 amide bonds. The summed E-state index contributed by atoms with van der Waals surface area (Å²) in [6.07, 6.45) is 3.48. The predicted octanol–water partition coefficient (Wildman–Crippen LogP) is 4.79. The highest BCUT2D eigenvalue weighted by atomic mass is 16.5. The topological polar surface area (TPSA) is 103 Å². The molecule has 8 heteroatoms. The van der Waals surface area contributed by atoms with Crippen LogP contribution in [0.25, 0.3) is 21.8 Å². The van der Waals surface area contributed by atoms with E-state index >= 15 is 0 Å². The van der Waals surface area contributed by atoms with Crippen molar-refractivity contribution in [2.75, 3.05) is 13.2 Å². The van der Waals surface area contributed by atoms with Gasteiger partial charge in [-0.05, 0) is 63.3 Å². The largest absolute Gasteiger partial charge is 0.462 e. The van der Waals surface area contributed by atoms with Gasteiger partial charge in [-0.1, -0.05) is 35.8 Å². The number of carbonyl (C=O) groups excluding carboxylic acids is 2. The summed E-state index contributed by atoms with van der Waals surface area (Å²) in [7, 11) is 0. The SMILES string of the molecule is CCOC(=O)c1cccc2c1c1noc(C)c1c(=O)n2C1CCCC(CNC(=O)c2ccccc2)C1. The Kier molecular flexibility index (Phi) is 6.59. The van der Waals surface area contributed by atoms with Crippen LogP contribution in [-0.4, -0.2) is 34.8 Å². The fraction of sp³-hybridized carbons (Fsp3) is 0.357. The summed E-state index contributed by atoms with van der Waals surface area (Å²) in [5.41, 5.74) is 1.85. The monoisotopic (exact) mass is 487 g/mol. The second-order valence-electron chi connectivity index (χ2n) is 9.32. The van der Waals surface area contributed by atoms with Crippen LogP contribution in [0.2, 0.25) is 0 Å². The van der Waals surface area contributed by atoms with Gasteiger partial charge in [-0.15, -0.1) is 0 Å². The molecule has 4 aromatic rings. The molecule has 2 heterocycles. The first-order valence-corrected chi connectivity index (χ1v) is 12.4. The number of rotatable bonds is 6. The number of aryl methyl sites for hydroxylation is 1. The molecule has 0 radical (unpaired) electrons. The third kappa shape index (κ3) is 4.27. The van der Waals surface area contributed by atoms with E-state index in [4.69, 9.17) is 9.26 Å². The van der Waals surface area contributed by atoms with Crippen molar-refractivity contribution < 1.29 is 18.8 Å². The number of nitrogens with zero attached hydrogens (tertiary/aromatic N) is 2. The zero-order valence-electron chi connectivity index (χ0n) is 20.5. The van der Waals surface area contributed by atoms with Crippen LogP contribution < -0.4 is 10.9 Å². The van der Waals surface area contributed by atoms with E-state index in [0.29, 0.717) is 45.2 Å².